The molecule has 3 N–H and O–H groups in total. The molecule has 7 heteroatoms. The number of carbonyl (C=O) groups excluding carboxylic acids is 3. The molecule has 0 unspecified atom stereocenters. The number of benzene rings is 2. The minimum Gasteiger partial charge on any atom is -0.326 e. The SMILES string of the molecule is C=CC(=O)Nc1cccc(C(=O)Nc2cc3c(cc2F)CCC(=O)N3)c1. The molecule has 0 fully saturated rings. The summed E-state index contributed by atoms with van der Waals surface area (Å²) >= 11 is 0. The molecular formula is C19H16FN3O3. The van der Waals surface area contributed by atoms with Crippen LogP contribution in [0.1, 0.15) is 22.3 Å². The molecule has 3 amide bonds. The van der Waals surface area contributed by atoms with Crippen molar-refractivity contribution in [3.63, 3.8) is 0 Å². The van der Waals surface area contributed by atoms with E-state index < -0.39 is 17.6 Å². The normalized spacial score (nSPS) is 12.6. The topological polar surface area (TPSA) is 87.3 Å². The van der Waals surface area contributed by atoms with Crippen molar-refractivity contribution in [2.24, 2.45) is 0 Å². The fraction of sp³-hybridized carbons (Fsp3) is 0.105. The van der Waals surface area contributed by atoms with Gasteiger partial charge >= 0.3 is 0 Å². The molecule has 0 saturated carbocycles. The fourth-order valence-electron chi connectivity index (χ4n) is 2.62. The molecule has 26 heavy (non-hydrogen) atoms. The molecule has 0 saturated heterocycles. The first-order chi connectivity index (χ1) is 12.5. The fourth-order valence-corrected chi connectivity index (χ4v) is 2.62. The summed E-state index contributed by atoms with van der Waals surface area (Å²) in [5.41, 5.74) is 1.81. The Morgan fingerprint density at radius 3 is 2.73 bits per heavy atom. The van der Waals surface area contributed by atoms with Gasteiger partial charge in [-0.25, -0.2) is 4.39 Å². The van der Waals surface area contributed by atoms with E-state index >= 15 is 0 Å². The van der Waals surface area contributed by atoms with Gasteiger partial charge in [0, 0.05) is 23.4 Å². The highest BCUT2D eigenvalue weighted by molar-refractivity contribution is 6.06. The number of nitrogens with one attached hydrogen (secondary N) is 3. The first kappa shape index (κ1) is 17.3. The van der Waals surface area contributed by atoms with E-state index in [1.54, 1.807) is 12.1 Å². The van der Waals surface area contributed by atoms with Gasteiger partial charge in [0.05, 0.1) is 5.69 Å². The average Bonchev–Trinajstić information content (AvgIpc) is 2.62. The van der Waals surface area contributed by atoms with Gasteiger partial charge in [-0.2, -0.15) is 0 Å². The van der Waals surface area contributed by atoms with Gasteiger partial charge in [0.15, 0.2) is 0 Å². The number of fused-ring (bicyclic) bond motifs is 1. The largest absolute Gasteiger partial charge is 0.326 e. The predicted molar refractivity (Wildman–Crippen MR) is 96.6 cm³/mol. The smallest absolute Gasteiger partial charge is 0.255 e. The van der Waals surface area contributed by atoms with E-state index in [1.807, 2.05) is 0 Å². The Morgan fingerprint density at radius 2 is 1.96 bits per heavy atom. The number of anilines is 3. The summed E-state index contributed by atoms with van der Waals surface area (Å²) < 4.78 is 14.3. The van der Waals surface area contributed by atoms with Gasteiger partial charge in [0.2, 0.25) is 11.8 Å². The van der Waals surface area contributed by atoms with E-state index in [0.717, 1.165) is 6.08 Å². The van der Waals surface area contributed by atoms with Gasteiger partial charge in [0.1, 0.15) is 5.82 Å². The van der Waals surface area contributed by atoms with Gasteiger partial charge in [-0.3, -0.25) is 14.4 Å². The number of rotatable bonds is 4. The molecule has 0 bridgehead atoms. The zero-order chi connectivity index (χ0) is 18.7. The number of carbonyl (C=O) groups is 3. The highest BCUT2D eigenvalue weighted by Crippen LogP contribution is 2.29. The summed E-state index contributed by atoms with van der Waals surface area (Å²) in [6, 6.07) is 8.93. The number of amides is 3. The lowest BCUT2D eigenvalue weighted by atomic mass is 10.0. The molecule has 2 aromatic carbocycles. The van der Waals surface area contributed by atoms with Crippen LogP contribution in [0.2, 0.25) is 0 Å². The van der Waals surface area contributed by atoms with Crippen LogP contribution < -0.4 is 16.0 Å². The molecule has 0 aliphatic carbocycles. The summed E-state index contributed by atoms with van der Waals surface area (Å²) in [6.07, 6.45) is 1.88. The third kappa shape index (κ3) is 3.77. The van der Waals surface area contributed by atoms with Crippen LogP contribution >= 0.6 is 0 Å². The Kier molecular flexibility index (Phi) is 4.79. The summed E-state index contributed by atoms with van der Waals surface area (Å²) in [7, 11) is 0. The molecule has 0 aromatic heterocycles. The standard InChI is InChI=1S/C19H16FN3O3/c1-2-17(24)21-13-5-3-4-12(8-13)19(26)23-16-10-15-11(9-14(16)20)6-7-18(25)22-15/h2-5,8-10H,1,6-7H2,(H,21,24)(H,22,25)(H,23,26). The van der Waals surface area contributed by atoms with Crippen LogP contribution in [0.3, 0.4) is 0 Å². The van der Waals surface area contributed by atoms with Gasteiger partial charge in [-0.15, -0.1) is 0 Å². The van der Waals surface area contributed by atoms with Crippen molar-refractivity contribution in [1.29, 1.82) is 0 Å². The molecule has 1 heterocycles. The molecule has 6 nitrogen and oxygen atoms in total. The van der Waals surface area contributed by atoms with Crippen LogP contribution in [-0.2, 0) is 16.0 Å². The number of hydrogen-bond acceptors (Lipinski definition) is 3. The molecule has 1 aliphatic rings. The van der Waals surface area contributed by atoms with Crippen molar-refractivity contribution in [2.75, 3.05) is 16.0 Å². The maximum Gasteiger partial charge on any atom is 0.255 e. The molecule has 0 spiro atoms. The van der Waals surface area contributed by atoms with Crippen LogP contribution in [-0.4, -0.2) is 17.7 Å². The van der Waals surface area contributed by atoms with Crippen LogP contribution in [0.4, 0.5) is 21.5 Å². The third-order valence-electron chi connectivity index (χ3n) is 3.91. The monoisotopic (exact) mass is 353 g/mol. The first-order valence-electron chi connectivity index (χ1n) is 7.93. The number of hydrogen-bond donors (Lipinski definition) is 3. The summed E-state index contributed by atoms with van der Waals surface area (Å²) in [5.74, 6) is -1.67. The zero-order valence-electron chi connectivity index (χ0n) is 13.8. The molecule has 132 valence electrons. The van der Waals surface area contributed by atoms with Crippen molar-refractivity contribution in [3.05, 3.63) is 66.0 Å². The maximum absolute atomic E-state index is 14.3. The van der Waals surface area contributed by atoms with E-state index in [0.29, 0.717) is 29.8 Å². The maximum atomic E-state index is 14.3. The Labute approximate surface area is 149 Å². The Hall–Kier alpha value is -3.48. The van der Waals surface area contributed by atoms with Gasteiger partial charge in [-0.1, -0.05) is 12.6 Å². The van der Waals surface area contributed by atoms with Crippen molar-refractivity contribution in [2.45, 2.75) is 12.8 Å². The van der Waals surface area contributed by atoms with E-state index in [1.165, 1.54) is 24.3 Å². The lowest BCUT2D eigenvalue weighted by molar-refractivity contribution is -0.116. The van der Waals surface area contributed by atoms with Crippen LogP contribution in [0, 0.1) is 5.82 Å². The van der Waals surface area contributed by atoms with Crippen LogP contribution in [0.5, 0.6) is 0 Å². The highest BCUT2D eigenvalue weighted by atomic mass is 19.1. The minimum atomic E-state index is -0.579. The molecule has 0 atom stereocenters. The van der Waals surface area contributed by atoms with Gasteiger partial charge in [-0.05, 0) is 48.4 Å². The average molecular weight is 353 g/mol. The predicted octanol–water partition coefficient (Wildman–Crippen LogP) is 3.09. The molecule has 1 aliphatic heterocycles. The van der Waals surface area contributed by atoms with Gasteiger partial charge in [0.25, 0.3) is 5.91 Å². The lowest BCUT2D eigenvalue weighted by Crippen LogP contribution is -2.20. The molecular weight excluding hydrogens is 337 g/mol. The van der Waals surface area contributed by atoms with E-state index in [-0.39, 0.29) is 17.2 Å². The van der Waals surface area contributed by atoms with E-state index in [4.69, 9.17) is 0 Å². The molecule has 0 radical (unpaired) electrons. The first-order valence-corrected chi connectivity index (χ1v) is 7.93. The Morgan fingerprint density at radius 1 is 1.15 bits per heavy atom. The second-order valence-electron chi connectivity index (χ2n) is 5.77. The zero-order valence-corrected chi connectivity index (χ0v) is 13.8. The Balaban J connectivity index is 1.81. The second kappa shape index (κ2) is 7.18. The number of aryl methyl sites for hydroxylation is 1. The third-order valence-corrected chi connectivity index (χ3v) is 3.91. The van der Waals surface area contributed by atoms with E-state index in [2.05, 4.69) is 22.5 Å². The van der Waals surface area contributed by atoms with Crippen molar-refractivity contribution >= 4 is 34.8 Å². The highest BCUT2D eigenvalue weighted by Gasteiger charge is 2.19. The van der Waals surface area contributed by atoms with Crippen molar-refractivity contribution in [3.8, 4) is 0 Å². The molecule has 3 rings (SSSR count). The van der Waals surface area contributed by atoms with Crippen molar-refractivity contribution < 1.29 is 18.8 Å². The second-order valence-corrected chi connectivity index (χ2v) is 5.77. The summed E-state index contributed by atoms with van der Waals surface area (Å²) in [6.45, 7) is 3.36. The summed E-state index contributed by atoms with van der Waals surface area (Å²) in [4.78, 5) is 35.2. The lowest BCUT2D eigenvalue weighted by Gasteiger charge is -2.18. The van der Waals surface area contributed by atoms with Crippen LogP contribution in [0.15, 0.2) is 49.1 Å². The summed E-state index contributed by atoms with van der Waals surface area (Å²) in [5, 5.41) is 7.70. The Bertz CT molecular complexity index is 924. The quantitative estimate of drug-likeness (QED) is 0.738. The van der Waals surface area contributed by atoms with E-state index in [9.17, 15) is 18.8 Å². The minimum absolute atomic E-state index is 0.0310. The van der Waals surface area contributed by atoms with Crippen LogP contribution in [0.25, 0.3) is 0 Å². The van der Waals surface area contributed by atoms with Gasteiger partial charge < -0.3 is 16.0 Å². The molecule has 2 aromatic rings. The number of halogens is 1. The van der Waals surface area contributed by atoms with Crippen molar-refractivity contribution in [1.82, 2.24) is 0 Å².